The molecule has 2 fully saturated rings. The zero-order chi connectivity index (χ0) is 7.03. The molecule has 2 heterocycles. The van der Waals surface area contributed by atoms with E-state index in [0.717, 1.165) is 13.0 Å². The summed E-state index contributed by atoms with van der Waals surface area (Å²) in [6.45, 7) is 0.784. The average Bonchev–Trinajstić information content (AvgIpc) is 2.46. The van der Waals surface area contributed by atoms with Gasteiger partial charge in [-0.25, -0.2) is 0 Å². The third-order valence-corrected chi connectivity index (χ3v) is 2.86. The van der Waals surface area contributed by atoms with E-state index in [-0.39, 0.29) is 5.60 Å². The molecule has 2 aliphatic rings. The summed E-state index contributed by atoms with van der Waals surface area (Å²) in [6, 6.07) is 0. The van der Waals surface area contributed by atoms with E-state index in [1.165, 1.54) is 25.7 Å². The van der Waals surface area contributed by atoms with E-state index in [9.17, 15) is 0 Å². The van der Waals surface area contributed by atoms with Crippen molar-refractivity contribution >= 4 is 0 Å². The third-order valence-electron chi connectivity index (χ3n) is 2.86. The summed E-state index contributed by atoms with van der Waals surface area (Å²) in [6.07, 6.45) is 6.74. The summed E-state index contributed by atoms with van der Waals surface area (Å²) in [5.74, 6) is 0. The average molecular weight is 141 g/mol. The Balaban J connectivity index is 2.01. The molecule has 0 aliphatic carbocycles. The predicted molar refractivity (Wildman–Crippen MR) is 39.7 cm³/mol. The van der Waals surface area contributed by atoms with Crippen molar-refractivity contribution in [2.45, 2.75) is 43.8 Å². The summed E-state index contributed by atoms with van der Waals surface area (Å²) >= 11 is 0. The Labute approximate surface area is 61.7 Å². The Morgan fingerprint density at radius 3 is 2.50 bits per heavy atom. The van der Waals surface area contributed by atoms with Crippen molar-refractivity contribution in [3.63, 3.8) is 0 Å². The highest BCUT2D eigenvalue weighted by molar-refractivity contribution is 4.95. The Hall–Kier alpha value is -0.0800. The van der Waals surface area contributed by atoms with Gasteiger partial charge >= 0.3 is 0 Å². The summed E-state index contributed by atoms with van der Waals surface area (Å²) in [5, 5.41) is 0. The first-order valence-electron chi connectivity index (χ1n) is 4.23. The second-order valence-electron chi connectivity index (χ2n) is 3.54. The van der Waals surface area contributed by atoms with Crippen molar-refractivity contribution in [3.8, 4) is 0 Å². The molecule has 0 atom stereocenters. The molecular formula is C8H15NO. The fraction of sp³-hybridized carbons (Fsp3) is 1.00. The smallest absolute Gasteiger partial charge is 0.0700 e. The van der Waals surface area contributed by atoms with Crippen LogP contribution in [0.3, 0.4) is 0 Å². The van der Waals surface area contributed by atoms with Crippen molar-refractivity contribution in [2.75, 3.05) is 6.54 Å². The number of rotatable bonds is 2. The number of ether oxygens (including phenoxy) is 1. The molecule has 0 radical (unpaired) electrons. The molecule has 0 amide bonds. The predicted octanol–water partition coefficient (Wildman–Crippen LogP) is 1.05. The standard InChI is InChI=1S/C8H15NO/c9-6-5-8-3-1-7(10-8)2-4-8/h7H,1-6,9H2. The van der Waals surface area contributed by atoms with Gasteiger partial charge in [0.15, 0.2) is 0 Å². The molecule has 0 aromatic carbocycles. The molecule has 2 saturated heterocycles. The van der Waals surface area contributed by atoms with Crippen LogP contribution >= 0.6 is 0 Å². The Morgan fingerprint density at radius 1 is 1.40 bits per heavy atom. The van der Waals surface area contributed by atoms with E-state index in [0.29, 0.717) is 6.10 Å². The lowest BCUT2D eigenvalue weighted by molar-refractivity contribution is 0.00899. The zero-order valence-electron chi connectivity index (χ0n) is 6.31. The minimum atomic E-state index is 0.236. The summed E-state index contributed by atoms with van der Waals surface area (Å²) < 4.78 is 5.82. The molecule has 2 rings (SSSR count). The van der Waals surface area contributed by atoms with Gasteiger partial charge in [-0.05, 0) is 38.6 Å². The molecule has 58 valence electrons. The van der Waals surface area contributed by atoms with Crippen LogP contribution in [0.2, 0.25) is 0 Å². The van der Waals surface area contributed by atoms with Crippen LogP contribution in [0.5, 0.6) is 0 Å². The minimum absolute atomic E-state index is 0.236. The van der Waals surface area contributed by atoms with Gasteiger partial charge in [0.25, 0.3) is 0 Å². The van der Waals surface area contributed by atoms with Gasteiger partial charge in [-0.3, -0.25) is 0 Å². The highest BCUT2D eigenvalue weighted by atomic mass is 16.5. The van der Waals surface area contributed by atoms with Crippen LogP contribution in [0.4, 0.5) is 0 Å². The minimum Gasteiger partial charge on any atom is -0.372 e. The van der Waals surface area contributed by atoms with E-state index in [1.807, 2.05) is 0 Å². The SMILES string of the molecule is NCCC12CCC(CC1)O2. The number of hydrogen-bond acceptors (Lipinski definition) is 2. The van der Waals surface area contributed by atoms with Crippen LogP contribution in [0.25, 0.3) is 0 Å². The first kappa shape index (κ1) is 6.62. The van der Waals surface area contributed by atoms with Crippen molar-refractivity contribution < 1.29 is 4.74 Å². The first-order valence-corrected chi connectivity index (χ1v) is 4.23. The van der Waals surface area contributed by atoms with Gasteiger partial charge < -0.3 is 10.5 Å². The fourth-order valence-electron chi connectivity index (χ4n) is 2.28. The van der Waals surface area contributed by atoms with E-state index in [2.05, 4.69) is 0 Å². The molecule has 0 aromatic heterocycles. The molecule has 0 saturated carbocycles. The van der Waals surface area contributed by atoms with E-state index >= 15 is 0 Å². The van der Waals surface area contributed by atoms with Crippen molar-refractivity contribution in [1.29, 1.82) is 0 Å². The van der Waals surface area contributed by atoms with E-state index in [4.69, 9.17) is 10.5 Å². The lowest BCUT2D eigenvalue weighted by Crippen LogP contribution is -2.27. The summed E-state index contributed by atoms with van der Waals surface area (Å²) in [7, 11) is 0. The second-order valence-corrected chi connectivity index (χ2v) is 3.54. The van der Waals surface area contributed by atoms with Crippen LogP contribution in [0.1, 0.15) is 32.1 Å². The van der Waals surface area contributed by atoms with Gasteiger partial charge in [0, 0.05) is 0 Å². The molecule has 0 unspecified atom stereocenters. The number of nitrogens with two attached hydrogens (primary N) is 1. The van der Waals surface area contributed by atoms with Crippen LogP contribution in [0, 0.1) is 0 Å². The maximum atomic E-state index is 5.82. The quantitative estimate of drug-likeness (QED) is 0.623. The molecule has 2 nitrogen and oxygen atoms in total. The van der Waals surface area contributed by atoms with E-state index < -0.39 is 0 Å². The van der Waals surface area contributed by atoms with Gasteiger partial charge in [0.1, 0.15) is 0 Å². The zero-order valence-corrected chi connectivity index (χ0v) is 6.31. The number of hydrogen-bond donors (Lipinski definition) is 1. The second kappa shape index (κ2) is 2.21. The van der Waals surface area contributed by atoms with Gasteiger partial charge in [-0.15, -0.1) is 0 Å². The maximum absolute atomic E-state index is 5.82. The molecule has 0 spiro atoms. The Kier molecular flexibility index (Phi) is 1.46. The van der Waals surface area contributed by atoms with Gasteiger partial charge in [0.2, 0.25) is 0 Å². The highest BCUT2D eigenvalue weighted by Gasteiger charge is 2.45. The van der Waals surface area contributed by atoms with E-state index in [1.54, 1.807) is 0 Å². The maximum Gasteiger partial charge on any atom is 0.0700 e. The molecule has 10 heavy (non-hydrogen) atoms. The fourth-order valence-corrected chi connectivity index (χ4v) is 2.28. The van der Waals surface area contributed by atoms with Crippen LogP contribution in [-0.2, 0) is 4.74 Å². The summed E-state index contributed by atoms with van der Waals surface area (Å²) in [4.78, 5) is 0. The molecular weight excluding hydrogens is 126 g/mol. The lowest BCUT2D eigenvalue weighted by atomic mass is 9.86. The van der Waals surface area contributed by atoms with Crippen LogP contribution in [-0.4, -0.2) is 18.2 Å². The van der Waals surface area contributed by atoms with Crippen molar-refractivity contribution in [3.05, 3.63) is 0 Å². The van der Waals surface area contributed by atoms with Crippen LogP contribution < -0.4 is 5.73 Å². The molecule has 2 heteroatoms. The highest BCUT2D eigenvalue weighted by Crippen LogP contribution is 2.45. The third kappa shape index (κ3) is 0.867. The summed E-state index contributed by atoms with van der Waals surface area (Å²) in [5.41, 5.74) is 5.74. The topological polar surface area (TPSA) is 35.2 Å². The van der Waals surface area contributed by atoms with Gasteiger partial charge in [0.05, 0.1) is 11.7 Å². The molecule has 2 N–H and O–H groups in total. The van der Waals surface area contributed by atoms with Gasteiger partial charge in [-0.1, -0.05) is 0 Å². The normalized spacial score (nSPS) is 44.7. The largest absolute Gasteiger partial charge is 0.372 e. The lowest BCUT2D eigenvalue weighted by Gasteiger charge is -2.23. The number of fused-ring (bicyclic) bond motifs is 2. The molecule has 0 aromatic rings. The molecule has 2 aliphatic heterocycles. The molecule has 2 bridgehead atoms. The Morgan fingerprint density at radius 2 is 2.10 bits per heavy atom. The monoisotopic (exact) mass is 141 g/mol. The first-order chi connectivity index (χ1) is 4.85. The van der Waals surface area contributed by atoms with Crippen molar-refractivity contribution in [1.82, 2.24) is 0 Å². The Bertz CT molecular complexity index is 127. The van der Waals surface area contributed by atoms with Crippen LogP contribution in [0.15, 0.2) is 0 Å². The van der Waals surface area contributed by atoms with Crippen molar-refractivity contribution in [2.24, 2.45) is 5.73 Å². The van der Waals surface area contributed by atoms with Gasteiger partial charge in [-0.2, -0.15) is 0 Å².